The van der Waals surface area contributed by atoms with Crippen LogP contribution in [0.25, 0.3) is 0 Å². The standard InChI is InChI=1S/C32H57NO9.C30H49NO7.C15H27BrN2O6.C12H22BrNO4/c1-2-28(34)26-42-24-23-41-22-21-33-30(36)20-19-27(32(39)40)25-29(35)17-15-13-11-9-7-5-3-4-6-8-10-12-14-16-18-31(37)38;1-2-27(32)25-37-24-23-36-22-20-31-29(33)15-13-11-9-7-5-3-4-6-8-10-12-14-21-38-28-18-16-26(17-19-28)30(34)35;1-2-7-23-8-9-24-11-14(20)18-12(15(21)22)5-3-4-6-17-13(19)10-16;1-2-6-17-7-8-18-10-12(16)14-5-3-4-11(15)9-13/h27H,2-26H2,1H3,(H,33,36)(H,37,38)(H,39,40);16-19H,2-15,20-25H2,1H3,(H,31,33)(H,34,35);12H,2-11H2,1H3,(H,17,19)(H,18,20)(H,21,22);2-10H2,1H3,(H,14,16)/t27-;;12-;/m1.1./s1. The lowest BCUT2D eigenvalue weighted by Gasteiger charge is -2.14. The second-order valence-electron chi connectivity index (χ2n) is 29.5. The third-order valence-corrected chi connectivity index (χ3v) is 19.6. The first-order chi connectivity index (χ1) is 59.0. The molecule has 9 N–H and O–H groups in total. The van der Waals surface area contributed by atoms with E-state index < -0.39 is 41.7 Å². The zero-order valence-electron chi connectivity index (χ0n) is 74.2. The average molecular weight is 1870 g/mol. The van der Waals surface area contributed by atoms with E-state index in [9.17, 15) is 67.4 Å². The molecule has 0 saturated carbocycles. The molecule has 1 aromatic rings. The number of hydrogen-bond acceptors (Lipinski definition) is 22. The van der Waals surface area contributed by atoms with E-state index >= 15 is 0 Å². The number of amides is 5. The Labute approximate surface area is 744 Å². The fraction of sp³-hybridized carbons (Fsp3) is 0.787. The average Bonchev–Trinajstić information content (AvgIpc) is 0.913. The molecule has 706 valence electrons. The Bertz CT molecular complexity index is 2810. The molecule has 0 aliphatic heterocycles. The number of halogens is 2. The summed E-state index contributed by atoms with van der Waals surface area (Å²) in [4.78, 5) is 147. The summed E-state index contributed by atoms with van der Waals surface area (Å²) in [7, 11) is 0. The van der Waals surface area contributed by atoms with Crippen LogP contribution < -0.4 is 31.3 Å². The van der Waals surface area contributed by atoms with Crippen molar-refractivity contribution < 1.29 is 125 Å². The molecule has 0 spiro atoms. The number of ketones is 4. The third-order valence-electron chi connectivity index (χ3n) is 18.5. The summed E-state index contributed by atoms with van der Waals surface area (Å²) in [5.41, 5.74) is 0.276. The Morgan fingerprint density at radius 2 is 0.705 bits per heavy atom. The summed E-state index contributed by atoms with van der Waals surface area (Å²) in [6.07, 6.45) is 36.7. The van der Waals surface area contributed by atoms with Crippen LogP contribution in [0, 0.1) is 5.92 Å². The predicted molar refractivity (Wildman–Crippen MR) is 475 cm³/mol. The van der Waals surface area contributed by atoms with Crippen LogP contribution in [0.15, 0.2) is 24.3 Å². The summed E-state index contributed by atoms with van der Waals surface area (Å²) in [5.74, 6) is -4.59. The maximum atomic E-state index is 12.3. The number of carbonyl (C=O) groups is 13. The topological polar surface area (TPSA) is 446 Å². The van der Waals surface area contributed by atoms with E-state index in [1.165, 1.54) is 96.3 Å². The van der Waals surface area contributed by atoms with E-state index in [2.05, 4.69) is 58.4 Å². The fourth-order valence-electron chi connectivity index (χ4n) is 11.4. The van der Waals surface area contributed by atoms with Crippen molar-refractivity contribution in [1.82, 2.24) is 26.6 Å². The quantitative estimate of drug-likeness (QED) is 0.0216. The van der Waals surface area contributed by atoms with Gasteiger partial charge in [-0.15, -0.1) is 0 Å². The highest BCUT2D eigenvalue weighted by atomic mass is 79.9. The fourth-order valence-corrected chi connectivity index (χ4v) is 11.9. The van der Waals surface area contributed by atoms with Crippen molar-refractivity contribution >= 4 is 108 Å². The zero-order chi connectivity index (χ0) is 90.8. The van der Waals surface area contributed by atoms with Crippen LogP contribution in [0.1, 0.15) is 301 Å². The largest absolute Gasteiger partial charge is 0.494 e. The molecule has 0 aliphatic carbocycles. The van der Waals surface area contributed by atoms with Gasteiger partial charge in [0.05, 0.1) is 94.8 Å². The predicted octanol–water partition coefficient (Wildman–Crippen LogP) is 13.8. The van der Waals surface area contributed by atoms with Crippen molar-refractivity contribution in [3.8, 4) is 5.75 Å². The molecule has 0 saturated heterocycles. The summed E-state index contributed by atoms with van der Waals surface area (Å²) in [6, 6.07) is 5.59. The second-order valence-corrected chi connectivity index (χ2v) is 30.7. The number of rotatable bonds is 85. The van der Waals surface area contributed by atoms with Gasteiger partial charge in [-0.1, -0.05) is 201 Å². The Morgan fingerprint density at radius 3 is 1.13 bits per heavy atom. The number of carboxylic acids is 4. The SMILES string of the molecule is CCC(=O)COCCOCCNC(=O)CCCCCCCCCCCCCCOc1ccc(C(=O)O)cc1.CCC(=O)COCCOCCNC(=O)CC[C@H](CC(=O)CCCCCCCCCCCCCCCCC(=O)O)C(=O)O.CCCOCCOCC(=O)NCCCC(=O)CBr.CCCOCCOCC(=O)N[C@H](CCCCNC(=O)CBr)C(=O)O. The van der Waals surface area contributed by atoms with E-state index in [-0.39, 0.29) is 116 Å². The second kappa shape index (κ2) is 92.2. The Morgan fingerprint density at radius 1 is 0.320 bits per heavy atom. The minimum Gasteiger partial charge on any atom is -0.494 e. The first kappa shape index (κ1) is 120. The van der Waals surface area contributed by atoms with E-state index in [1.54, 1.807) is 31.2 Å². The third kappa shape index (κ3) is 89.8. The molecule has 0 bridgehead atoms. The molecule has 1 rings (SSSR count). The first-order valence-electron chi connectivity index (χ1n) is 44.8. The number of carboxylic acid groups (broad SMARTS) is 4. The zero-order valence-corrected chi connectivity index (χ0v) is 77.4. The molecule has 5 amide bonds. The molecule has 0 aliphatic rings. The number of aliphatic carboxylic acids is 3. The van der Waals surface area contributed by atoms with E-state index in [4.69, 9.17) is 58.0 Å². The molecule has 2 atom stereocenters. The van der Waals surface area contributed by atoms with Crippen LogP contribution in [0.4, 0.5) is 0 Å². The molecule has 0 aromatic heterocycles. The smallest absolute Gasteiger partial charge is 0.335 e. The summed E-state index contributed by atoms with van der Waals surface area (Å²) in [6.45, 7) is 15.3. The van der Waals surface area contributed by atoms with Gasteiger partial charge in [0, 0.05) is 90.8 Å². The van der Waals surface area contributed by atoms with E-state index in [0.717, 1.165) is 95.8 Å². The van der Waals surface area contributed by atoms with Gasteiger partial charge in [0.25, 0.3) is 0 Å². The molecule has 0 radical (unpaired) electrons. The minimum atomic E-state index is -1.08. The Hall–Kier alpha value is -6.43. The number of unbranched alkanes of at least 4 members (excludes halogenated alkanes) is 25. The normalized spacial score (nSPS) is 11.3. The van der Waals surface area contributed by atoms with Crippen LogP contribution in [0.3, 0.4) is 0 Å². The highest BCUT2D eigenvalue weighted by molar-refractivity contribution is 9.09. The number of alkyl halides is 2. The molecular formula is C89H155Br2N5O26. The Kier molecular flexibility index (Phi) is 90.5. The van der Waals surface area contributed by atoms with Crippen LogP contribution in [-0.4, -0.2) is 252 Å². The molecule has 0 unspecified atom stereocenters. The van der Waals surface area contributed by atoms with Crippen LogP contribution in [0.2, 0.25) is 0 Å². The van der Waals surface area contributed by atoms with Gasteiger partial charge < -0.3 is 89.6 Å². The number of Topliss-reactive ketones (excluding diaryl/α,β-unsaturated/α-hetero) is 4. The molecule has 122 heavy (non-hydrogen) atoms. The Balaban J connectivity index is -0.00000162. The van der Waals surface area contributed by atoms with Gasteiger partial charge in [0.1, 0.15) is 49.8 Å². The molecule has 1 aromatic carbocycles. The van der Waals surface area contributed by atoms with Crippen molar-refractivity contribution in [3.05, 3.63) is 29.8 Å². The van der Waals surface area contributed by atoms with Gasteiger partial charge in [-0.25, -0.2) is 9.59 Å². The maximum absolute atomic E-state index is 12.3. The van der Waals surface area contributed by atoms with Gasteiger partial charge in [0.15, 0.2) is 11.6 Å². The van der Waals surface area contributed by atoms with Gasteiger partial charge in [0.2, 0.25) is 29.5 Å². The maximum Gasteiger partial charge on any atom is 0.335 e. The lowest BCUT2D eigenvalue weighted by atomic mass is 9.94. The monoisotopic (exact) mass is 1870 g/mol. The summed E-state index contributed by atoms with van der Waals surface area (Å²) in [5, 5.41) is 50.1. The lowest BCUT2D eigenvalue weighted by molar-refractivity contribution is -0.144. The number of hydrogen-bond donors (Lipinski definition) is 9. The number of aromatic carboxylic acids is 1. The number of ether oxygens (including phenoxy) is 9. The van der Waals surface area contributed by atoms with Crippen molar-refractivity contribution in [2.75, 3.05) is 149 Å². The van der Waals surface area contributed by atoms with Crippen molar-refractivity contribution in [1.29, 1.82) is 0 Å². The number of nitrogens with one attached hydrogen (secondary N) is 5. The van der Waals surface area contributed by atoms with Crippen molar-refractivity contribution in [2.24, 2.45) is 5.92 Å². The molecule has 0 fully saturated rings. The van der Waals surface area contributed by atoms with Gasteiger partial charge in [-0.05, 0) is 94.9 Å². The van der Waals surface area contributed by atoms with E-state index in [0.29, 0.717) is 162 Å². The highest BCUT2D eigenvalue weighted by Crippen LogP contribution is 2.19. The minimum absolute atomic E-state index is 0.0319. The van der Waals surface area contributed by atoms with Crippen LogP contribution in [0.5, 0.6) is 5.75 Å². The molecule has 0 heterocycles. The van der Waals surface area contributed by atoms with Crippen molar-refractivity contribution in [2.45, 2.75) is 297 Å². The van der Waals surface area contributed by atoms with Crippen molar-refractivity contribution in [3.63, 3.8) is 0 Å². The first-order valence-corrected chi connectivity index (χ1v) is 47.0. The van der Waals surface area contributed by atoms with Crippen LogP contribution in [-0.2, 0) is 95.4 Å². The van der Waals surface area contributed by atoms with Crippen LogP contribution >= 0.6 is 31.9 Å². The van der Waals surface area contributed by atoms with Gasteiger partial charge >= 0.3 is 23.9 Å². The number of benzene rings is 1. The highest BCUT2D eigenvalue weighted by Gasteiger charge is 2.23. The van der Waals surface area contributed by atoms with E-state index in [1.807, 2.05) is 20.8 Å². The molecule has 31 nitrogen and oxygen atoms in total. The lowest BCUT2D eigenvalue weighted by Crippen LogP contribution is -2.42. The summed E-state index contributed by atoms with van der Waals surface area (Å²) >= 11 is 6.12. The molecule has 33 heteroatoms. The summed E-state index contributed by atoms with van der Waals surface area (Å²) < 4.78 is 47.4. The van der Waals surface area contributed by atoms with Gasteiger partial charge in [-0.3, -0.25) is 52.7 Å². The number of carbonyl (C=O) groups excluding carboxylic acids is 9. The molecular weight excluding hydrogens is 1710 g/mol. The van der Waals surface area contributed by atoms with Gasteiger partial charge in [-0.2, -0.15) is 0 Å².